The van der Waals surface area contributed by atoms with Crippen molar-refractivity contribution >= 4 is 5.97 Å². The van der Waals surface area contributed by atoms with E-state index in [0.29, 0.717) is 30.8 Å². The molecule has 0 bridgehead atoms. The van der Waals surface area contributed by atoms with Crippen molar-refractivity contribution < 1.29 is 31.8 Å². The quantitative estimate of drug-likeness (QED) is 0.318. The van der Waals surface area contributed by atoms with Crippen molar-refractivity contribution in [3.05, 3.63) is 23.5 Å². The Kier molecular flexibility index (Phi) is 7.74. The smallest absolute Gasteiger partial charge is 0.370 e. The third-order valence-electron chi connectivity index (χ3n) is 7.21. The number of allylic oxidation sites excluding steroid dienone is 3. The van der Waals surface area contributed by atoms with Gasteiger partial charge in [-0.25, -0.2) is 4.79 Å². The normalized spacial score (nSPS) is 32.6. The molecule has 3 rings (SSSR count). The van der Waals surface area contributed by atoms with E-state index in [9.17, 15) is 22.4 Å². The monoisotopic (exact) mass is 446 g/mol. The molecule has 31 heavy (non-hydrogen) atoms. The summed E-state index contributed by atoms with van der Waals surface area (Å²) in [4.78, 5) is 12.3. The summed E-state index contributed by atoms with van der Waals surface area (Å²) < 4.78 is 67.0. The van der Waals surface area contributed by atoms with Crippen LogP contribution >= 0.6 is 0 Å². The molecule has 2 fully saturated rings. The lowest BCUT2D eigenvalue weighted by Crippen LogP contribution is -2.48. The van der Waals surface area contributed by atoms with Gasteiger partial charge in [-0.1, -0.05) is 32.6 Å². The maximum atomic E-state index is 14.4. The van der Waals surface area contributed by atoms with Gasteiger partial charge in [0.15, 0.2) is 5.76 Å². The van der Waals surface area contributed by atoms with Crippen molar-refractivity contribution in [2.24, 2.45) is 17.8 Å². The second-order valence-corrected chi connectivity index (χ2v) is 9.20. The third-order valence-corrected chi connectivity index (χ3v) is 7.21. The van der Waals surface area contributed by atoms with E-state index in [2.05, 4.69) is 11.7 Å². The largest absolute Gasteiger partial charge is 0.492 e. The van der Waals surface area contributed by atoms with Crippen molar-refractivity contribution in [3.63, 3.8) is 0 Å². The molecule has 176 valence electrons. The number of rotatable bonds is 7. The van der Waals surface area contributed by atoms with E-state index in [1.54, 1.807) is 0 Å². The first-order valence-electron chi connectivity index (χ1n) is 11.7. The van der Waals surface area contributed by atoms with E-state index in [-0.39, 0.29) is 6.61 Å². The van der Waals surface area contributed by atoms with Crippen molar-refractivity contribution in [2.75, 3.05) is 6.61 Å². The third kappa shape index (κ3) is 5.11. The number of alkyl halides is 4. The summed E-state index contributed by atoms with van der Waals surface area (Å²) in [6.45, 7) is 3.48. The van der Waals surface area contributed by atoms with E-state index < -0.39 is 35.3 Å². The second-order valence-electron chi connectivity index (χ2n) is 9.20. The minimum absolute atomic E-state index is 0.172. The highest BCUT2D eigenvalue weighted by atomic mass is 19.3. The number of hydrogen-bond acceptors (Lipinski definition) is 3. The highest BCUT2D eigenvalue weighted by Crippen LogP contribution is 2.48. The average Bonchev–Trinajstić information content (AvgIpc) is 2.73. The van der Waals surface area contributed by atoms with Gasteiger partial charge in [0, 0.05) is 0 Å². The van der Waals surface area contributed by atoms with Crippen LogP contribution in [0.4, 0.5) is 17.6 Å². The number of ether oxygens (including phenoxy) is 2. The molecule has 0 aromatic rings. The van der Waals surface area contributed by atoms with Crippen molar-refractivity contribution in [1.82, 2.24) is 0 Å². The zero-order valence-electron chi connectivity index (χ0n) is 18.5. The maximum absolute atomic E-state index is 14.4. The molecule has 0 atom stereocenters. The van der Waals surface area contributed by atoms with Crippen LogP contribution in [0.25, 0.3) is 0 Å². The number of hydrogen-bond donors (Lipinski definition) is 0. The number of halogens is 4. The maximum Gasteiger partial charge on any atom is 0.370 e. The van der Waals surface area contributed by atoms with Crippen LogP contribution in [0, 0.1) is 17.8 Å². The van der Waals surface area contributed by atoms with Gasteiger partial charge in [-0.3, -0.25) is 0 Å². The standard InChI is InChI=1S/C24H34F4O3/c1-3-5-16-6-8-17(9-7-16)18-10-12-19(13-11-18)31-22(29)20-14-15-21(30-4-2)24(27,28)23(20,25)26/h14-19H,3-13H2,1-2H3. The Morgan fingerprint density at radius 2 is 1.48 bits per heavy atom. The van der Waals surface area contributed by atoms with Crippen LogP contribution in [-0.4, -0.2) is 30.5 Å². The van der Waals surface area contributed by atoms with Crippen LogP contribution < -0.4 is 0 Å². The first-order valence-corrected chi connectivity index (χ1v) is 11.7. The Balaban J connectivity index is 1.53. The van der Waals surface area contributed by atoms with E-state index in [1.165, 1.54) is 45.4 Å². The van der Waals surface area contributed by atoms with Gasteiger partial charge in [0.1, 0.15) is 11.7 Å². The molecule has 0 spiro atoms. The first kappa shape index (κ1) is 24.1. The zero-order chi connectivity index (χ0) is 22.6. The Labute approximate surface area is 182 Å². The number of carbonyl (C=O) groups is 1. The molecule has 0 aromatic heterocycles. The summed E-state index contributed by atoms with van der Waals surface area (Å²) in [6, 6.07) is 0. The predicted molar refractivity (Wildman–Crippen MR) is 110 cm³/mol. The van der Waals surface area contributed by atoms with Crippen molar-refractivity contribution in [1.29, 1.82) is 0 Å². The molecule has 3 aliphatic rings. The summed E-state index contributed by atoms with van der Waals surface area (Å²) in [7, 11) is 0. The summed E-state index contributed by atoms with van der Waals surface area (Å²) in [5, 5.41) is 0. The summed E-state index contributed by atoms with van der Waals surface area (Å²) in [6.07, 6.45) is 11.5. The topological polar surface area (TPSA) is 35.5 Å². The predicted octanol–water partition coefficient (Wildman–Crippen LogP) is 6.83. The van der Waals surface area contributed by atoms with Gasteiger partial charge in [-0.15, -0.1) is 0 Å². The molecular weight excluding hydrogens is 412 g/mol. The molecule has 0 unspecified atom stereocenters. The zero-order valence-corrected chi connectivity index (χ0v) is 18.5. The minimum atomic E-state index is -4.67. The van der Waals surface area contributed by atoms with Gasteiger partial charge in [0.05, 0.1) is 6.61 Å². The van der Waals surface area contributed by atoms with Crippen LogP contribution in [0.2, 0.25) is 0 Å². The summed E-state index contributed by atoms with van der Waals surface area (Å²) in [5.41, 5.74) is -1.31. The minimum Gasteiger partial charge on any atom is -0.492 e. The van der Waals surface area contributed by atoms with Crippen LogP contribution in [0.1, 0.15) is 78.1 Å². The Morgan fingerprint density at radius 1 is 0.903 bits per heavy atom. The Morgan fingerprint density at radius 3 is 2.03 bits per heavy atom. The van der Waals surface area contributed by atoms with Crippen molar-refractivity contribution in [3.8, 4) is 0 Å². The van der Waals surface area contributed by atoms with E-state index in [4.69, 9.17) is 4.74 Å². The molecule has 0 heterocycles. The summed E-state index contributed by atoms with van der Waals surface area (Å²) >= 11 is 0. The highest BCUT2D eigenvalue weighted by molar-refractivity contribution is 5.91. The van der Waals surface area contributed by atoms with Gasteiger partial charge in [-0.05, 0) is 75.4 Å². The molecular formula is C24H34F4O3. The second kappa shape index (κ2) is 9.95. The van der Waals surface area contributed by atoms with Crippen LogP contribution in [0.3, 0.4) is 0 Å². The van der Waals surface area contributed by atoms with Gasteiger partial charge in [-0.2, -0.15) is 17.6 Å². The first-order chi connectivity index (χ1) is 14.7. The van der Waals surface area contributed by atoms with Crippen LogP contribution in [-0.2, 0) is 14.3 Å². The van der Waals surface area contributed by atoms with E-state index >= 15 is 0 Å². The fraction of sp³-hybridized carbons (Fsp3) is 0.792. The molecule has 0 aromatic carbocycles. The Hall–Kier alpha value is -1.53. The van der Waals surface area contributed by atoms with Crippen LogP contribution in [0.5, 0.6) is 0 Å². The average molecular weight is 447 g/mol. The van der Waals surface area contributed by atoms with Crippen molar-refractivity contribution in [2.45, 2.75) is 96.0 Å². The molecule has 3 nitrogen and oxygen atoms in total. The fourth-order valence-corrected chi connectivity index (χ4v) is 5.43. The van der Waals surface area contributed by atoms with Gasteiger partial charge in [0.2, 0.25) is 0 Å². The SMILES string of the molecule is CCCC1CCC(C2CCC(OC(=O)C3=CC=C(OCC)C(F)(F)C3(F)F)CC2)CC1. The van der Waals surface area contributed by atoms with Crippen LogP contribution in [0.15, 0.2) is 23.5 Å². The lowest BCUT2D eigenvalue weighted by atomic mass is 9.70. The van der Waals surface area contributed by atoms with Gasteiger partial charge < -0.3 is 9.47 Å². The molecule has 0 aliphatic heterocycles. The Bertz CT molecular complexity index is 685. The molecule has 2 saturated carbocycles. The molecule has 7 heteroatoms. The van der Waals surface area contributed by atoms with Gasteiger partial charge in [0.25, 0.3) is 0 Å². The number of esters is 1. The molecule has 0 N–H and O–H groups in total. The molecule has 3 aliphatic carbocycles. The van der Waals surface area contributed by atoms with E-state index in [0.717, 1.165) is 24.8 Å². The molecule has 0 saturated heterocycles. The molecule has 0 amide bonds. The fourth-order valence-electron chi connectivity index (χ4n) is 5.43. The lowest BCUT2D eigenvalue weighted by molar-refractivity contribution is -0.193. The number of carbonyl (C=O) groups excluding carboxylic acids is 1. The van der Waals surface area contributed by atoms with E-state index in [1.807, 2.05) is 0 Å². The lowest BCUT2D eigenvalue weighted by Gasteiger charge is -2.38. The highest BCUT2D eigenvalue weighted by Gasteiger charge is 2.65. The summed E-state index contributed by atoms with van der Waals surface area (Å²) in [5.74, 6) is -9.63. The molecule has 0 radical (unpaired) electrons. The van der Waals surface area contributed by atoms with Gasteiger partial charge >= 0.3 is 17.8 Å².